The maximum atomic E-state index is 12.0. The molecular formula is C14H20F3N3. The highest BCUT2D eigenvalue weighted by molar-refractivity contribution is 5.79. The maximum absolute atomic E-state index is 12.0. The van der Waals surface area contributed by atoms with E-state index in [0.29, 0.717) is 12.5 Å². The first kappa shape index (κ1) is 16.3. The monoisotopic (exact) mass is 287 g/mol. The number of nitrogens with zero attached hydrogens (tertiary/aromatic N) is 1. The molecule has 0 bridgehead atoms. The van der Waals surface area contributed by atoms with Gasteiger partial charge in [0, 0.05) is 20.1 Å². The van der Waals surface area contributed by atoms with E-state index in [9.17, 15) is 13.2 Å². The fourth-order valence-corrected chi connectivity index (χ4v) is 1.69. The van der Waals surface area contributed by atoms with E-state index in [2.05, 4.69) is 15.6 Å². The van der Waals surface area contributed by atoms with E-state index < -0.39 is 12.6 Å². The average molecular weight is 287 g/mol. The molecule has 1 aromatic rings. The number of aliphatic imine (C=N–C) groups is 1. The number of halogens is 3. The summed E-state index contributed by atoms with van der Waals surface area (Å²) in [5.74, 6) is 0.634. The fraction of sp³-hybridized carbons (Fsp3) is 0.500. The van der Waals surface area contributed by atoms with E-state index in [-0.39, 0.29) is 12.5 Å². The third kappa shape index (κ3) is 6.45. The predicted molar refractivity (Wildman–Crippen MR) is 74.9 cm³/mol. The molecule has 0 aliphatic heterocycles. The molecule has 0 amide bonds. The van der Waals surface area contributed by atoms with Crippen molar-refractivity contribution in [3.05, 3.63) is 35.9 Å². The Morgan fingerprint density at radius 1 is 1.20 bits per heavy atom. The molecule has 1 unspecified atom stereocenters. The van der Waals surface area contributed by atoms with E-state index >= 15 is 0 Å². The van der Waals surface area contributed by atoms with Crippen molar-refractivity contribution in [2.24, 2.45) is 4.99 Å². The lowest BCUT2D eigenvalue weighted by atomic mass is 10.0. The van der Waals surface area contributed by atoms with E-state index in [1.54, 1.807) is 0 Å². The number of hydrogen-bond acceptors (Lipinski definition) is 1. The first-order valence-electron chi connectivity index (χ1n) is 6.48. The Morgan fingerprint density at radius 2 is 1.85 bits per heavy atom. The quantitative estimate of drug-likeness (QED) is 0.645. The van der Waals surface area contributed by atoms with Gasteiger partial charge in [-0.25, -0.2) is 0 Å². The third-order valence-electron chi connectivity index (χ3n) is 2.87. The maximum Gasteiger partial charge on any atom is 0.390 e. The Kier molecular flexibility index (Phi) is 6.35. The minimum absolute atomic E-state index is 0.178. The highest BCUT2D eigenvalue weighted by Crippen LogP contribution is 2.18. The first-order valence-corrected chi connectivity index (χ1v) is 6.48. The van der Waals surface area contributed by atoms with Gasteiger partial charge in [0.05, 0.1) is 6.42 Å². The van der Waals surface area contributed by atoms with Gasteiger partial charge in [0.1, 0.15) is 0 Å². The first-order chi connectivity index (χ1) is 9.42. The molecule has 1 aromatic carbocycles. The molecule has 20 heavy (non-hydrogen) atoms. The summed E-state index contributed by atoms with van der Waals surface area (Å²) in [6.45, 7) is 2.48. The van der Waals surface area contributed by atoms with Crippen molar-refractivity contribution in [1.82, 2.24) is 10.6 Å². The van der Waals surface area contributed by atoms with Crippen LogP contribution in [0, 0.1) is 0 Å². The second kappa shape index (κ2) is 7.77. The number of guanidine groups is 1. The molecule has 0 radical (unpaired) electrons. The van der Waals surface area contributed by atoms with Crippen molar-refractivity contribution >= 4 is 5.96 Å². The zero-order chi connectivity index (χ0) is 15.0. The van der Waals surface area contributed by atoms with Crippen molar-refractivity contribution in [2.45, 2.75) is 25.4 Å². The van der Waals surface area contributed by atoms with Gasteiger partial charge in [-0.3, -0.25) is 4.99 Å². The summed E-state index contributed by atoms with van der Waals surface area (Å²) in [6.07, 6.45) is -5.02. The molecule has 0 heterocycles. The van der Waals surface area contributed by atoms with Gasteiger partial charge in [0.25, 0.3) is 0 Å². The molecule has 112 valence electrons. The molecule has 0 aromatic heterocycles. The van der Waals surface area contributed by atoms with Gasteiger partial charge in [-0.2, -0.15) is 13.2 Å². The second-order valence-electron chi connectivity index (χ2n) is 4.56. The summed E-state index contributed by atoms with van der Waals surface area (Å²) in [6, 6.07) is 9.91. The molecule has 0 spiro atoms. The molecule has 0 saturated carbocycles. The van der Waals surface area contributed by atoms with Crippen LogP contribution in [-0.4, -0.2) is 32.3 Å². The second-order valence-corrected chi connectivity index (χ2v) is 4.56. The largest absolute Gasteiger partial charge is 0.390 e. The summed E-state index contributed by atoms with van der Waals surface area (Å²) in [5.41, 5.74) is 1.17. The molecule has 1 atom stereocenters. The molecule has 3 nitrogen and oxygen atoms in total. The van der Waals surface area contributed by atoms with Crippen molar-refractivity contribution in [3.63, 3.8) is 0 Å². The Balaban J connectivity index is 2.35. The molecule has 0 aliphatic rings. The van der Waals surface area contributed by atoms with E-state index in [0.717, 1.165) is 0 Å². The van der Waals surface area contributed by atoms with E-state index in [4.69, 9.17) is 0 Å². The van der Waals surface area contributed by atoms with Crippen LogP contribution in [-0.2, 0) is 0 Å². The molecular weight excluding hydrogens is 267 g/mol. The smallest absolute Gasteiger partial charge is 0.356 e. The molecule has 6 heteroatoms. The van der Waals surface area contributed by atoms with Crippen LogP contribution in [0.5, 0.6) is 0 Å². The number of alkyl halides is 3. The summed E-state index contributed by atoms with van der Waals surface area (Å²) in [7, 11) is 1.54. The fourth-order valence-electron chi connectivity index (χ4n) is 1.69. The highest BCUT2D eigenvalue weighted by atomic mass is 19.4. The van der Waals surface area contributed by atoms with Crippen molar-refractivity contribution in [1.29, 1.82) is 0 Å². The minimum atomic E-state index is -4.15. The van der Waals surface area contributed by atoms with Crippen LogP contribution in [0.15, 0.2) is 35.3 Å². The summed E-state index contributed by atoms with van der Waals surface area (Å²) in [4.78, 5) is 3.90. The zero-order valence-corrected chi connectivity index (χ0v) is 11.7. The van der Waals surface area contributed by atoms with E-state index in [1.807, 2.05) is 37.3 Å². The summed E-state index contributed by atoms with van der Waals surface area (Å²) in [5, 5.41) is 5.68. The van der Waals surface area contributed by atoms with Crippen LogP contribution in [0.25, 0.3) is 0 Å². The van der Waals surface area contributed by atoms with Gasteiger partial charge in [-0.1, -0.05) is 37.3 Å². The van der Waals surface area contributed by atoms with Crippen LogP contribution in [0.1, 0.15) is 24.8 Å². The van der Waals surface area contributed by atoms with Gasteiger partial charge >= 0.3 is 6.18 Å². The standard InChI is InChI=1S/C14H20F3N3/c1-11(12-6-4-3-5-7-12)10-20-13(18-2)19-9-8-14(15,16)17/h3-7,11H,8-10H2,1-2H3,(H2,18,19,20). The van der Waals surface area contributed by atoms with Crippen LogP contribution in [0.4, 0.5) is 13.2 Å². The van der Waals surface area contributed by atoms with Crippen LogP contribution in [0.3, 0.4) is 0 Å². The Hall–Kier alpha value is -1.72. The van der Waals surface area contributed by atoms with Gasteiger partial charge in [-0.15, -0.1) is 0 Å². The lowest BCUT2D eigenvalue weighted by Gasteiger charge is -2.16. The normalized spacial score (nSPS) is 13.9. The third-order valence-corrected chi connectivity index (χ3v) is 2.87. The highest BCUT2D eigenvalue weighted by Gasteiger charge is 2.26. The van der Waals surface area contributed by atoms with Gasteiger partial charge in [0.15, 0.2) is 5.96 Å². The summed E-state index contributed by atoms with van der Waals surface area (Å²) < 4.78 is 36.1. The lowest BCUT2D eigenvalue weighted by Crippen LogP contribution is -2.40. The van der Waals surface area contributed by atoms with Crippen molar-refractivity contribution < 1.29 is 13.2 Å². The molecule has 0 saturated heterocycles. The molecule has 0 fully saturated rings. The predicted octanol–water partition coefficient (Wildman–Crippen LogP) is 2.91. The number of rotatable bonds is 5. The molecule has 0 aliphatic carbocycles. The van der Waals surface area contributed by atoms with Gasteiger partial charge in [-0.05, 0) is 11.5 Å². The zero-order valence-electron chi connectivity index (χ0n) is 11.7. The Labute approximate surface area is 117 Å². The topological polar surface area (TPSA) is 36.4 Å². The van der Waals surface area contributed by atoms with E-state index in [1.165, 1.54) is 12.6 Å². The van der Waals surface area contributed by atoms with Crippen molar-refractivity contribution in [3.8, 4) is 0 Å². The molecule has 2 N–H and O–H groups in total. The number of benzene rings is 1. The molecule has 1 rings (SSSR count). The average Bonchev–Trinajstić information content (AvgIpc) is 2.42. The van der Waals surface area contributed by atoms with Crippen LogP contribution >= 0.6 is 0 Å². The van der Waals surface area contributed by atoms with Crippen LogP contribution < -0.4 is 10.6 Å². The summed E-state index contributed by atoms with van der Waals surface area (Å²) >= 11 is 0. The van der Waals surface area contributed by atoms with Crippen molar-refractivity contribution in [2.75, 3.05) is 20.1 Å². The Bertz CT molecular complexity index is 415. The SMILES string of the molecule is CN=C(NCCC(F)(F)F)NCC(C)c1ccccc1. The van der Waals surface area contributed by atoms with Crippen LogP contribution in [0.2, 0.25) is 0 Å². The Morgan fingerprint density at radius 3 is 2.40 bits per heavy atom. The van der Waals surface area contributed by atoms with Gasteiger partial charge < -0.3 is 10.6 Å². The number of hydrogen-bond donors (Lipinski definition) is 2. The van der Waals surface area contributed by atoms with Gasteiger partial charge in [0.2, 0.25) is 0 Å². The number of nitrogens with one attached hydrogen (secondary N) is 2. The lowest BCUT2D eigenvalue weighted by molar-refractivity contribution is -0.132. The minimum Gasteiger partial charge on any atom is -0.356 e.